The first-order chi connectivity index (χ1) is 40.2. The zero-order valence-electron chi connectivity index (χ0n) is 49.6. The fourth-order valence-corrected chi connectivity index (χ4v) is 12.3. The van der Waals surface area contributed by atoms with Crippen molar-refractivity contribution in [3.63, 3.8) is 0 Å². The molecule has 3 aliphatic carbocycles. The molecular formula is C72H89BF2I2O6. The van der Waals surface area contributed by atoms with E-state index in [0.29, 0.717) is 23.5 Å². The minimum Gasteiger partial charge on any atom is -0.508 e. The van der Waals surface area contributed by atoms with Crippen LogP contribution in [0.1, 0.15) is 155 Å². The lowest BCUT2D eigenvalue weighted by atomic mass is 9.79. The number of hydrogen-bond acceptors (Lipinski definition) is 6. The Hall–Kier alpha value is -4.80. The lowest BCUT2D eigenvalue weighted by Gasteiger charge is -2.15. The highest BCUT2D eigenvalue weighted by Gasteiger charge is 2.27. The van der Waals surface area contributed by atoms with E-state index < -0.39 is 12.9 Å². The van der Waals surface area contributed by atoms with Gasteiger partial charge in [0, 0.05) is 18.2 Å². The predicted octanol–water partition coefficient (Wildman–Crippen LogP) is 19.2. The van der Waals surface area contributed by atoms with Gasteiger partial charge < -0.3 is 29.7 Å². The van der Waals surface area contributed by atoms with Gasteiger partial charge in [0.25, 0.3) is 0 Å². The van der Waals surface area contributed by atoms with Gasteiger partial charge in [0.05, 0.1) is 18.3 Å². The van der Waals surface area contributed by atoms with Gasteiger partial charge in [0.2, 0.25) is 0 Å². The van der Waals surface area contributed by atoms with Crippen molar-refractivity contribution in [2.24, 2.45) is 17.8 Å². The molecule has 444 valence electrons. The van der Waals surface area contributed by atoms with Gasteiger partial charge in [-0.05, 0) is 245 Å². The van der Waals surface area contributed by atoms with Crippen molar-refractivity contribution >= 4 is 57.8 Å². The summed E-state index contributed by atoms with van der Waals surface area (Å²) < 4.78 is 43.2. The lowest BCUT2D eigenvalue weighted by molar-refractivity contribution is 0.177. The highest BCUT2D eigenvalue weighted by Crippen LogP contribution is 2.35. The average Bonchev–Trinajstić information content (AvgIpc) is 4.28. The van der Waals surface area contributed by atoms with Crippen LogP contribution in [0.15, 0.2) is 158 Å². The Kier molecular flexibility index (Phi) is 29.4. The van der Waals surface area contributed by atoms with Gasteiger partial charge in [-0.3, -0.25) is 0 Å². The SMILES string of the molecule is CCCC1CCC(O)C1.CCCC1CCC(Oc2ccc(I)cc2)C1.CCCc1ccc(-c2ccc(-c3ccc(OC4CCC(CCC)C4)cc3)c(F)c2)cc1.CCCc1ccc(-c2ccc(B(O)O)c(F)c2)cc1.Oc1ccc(I)cc1. The summed E-state index contributed by atoms with van der Waals surface area (Å²) in [5.41, 5.74) is 7.58. The maximum Gasteiger partial charge on any atom is 0.491 e. The fraction of sp³-hybridized carbons (Fsp3) is 0.417. The molecule has 0 bridgehead atoms. The third-order valence-electron chi connectivity index (χ3n) is 15.9. The third-order valence-corrected chi connectivity index (χ3v) is 17.3. The van der Waals surface area contributed by atoms with Crippen LogP contribution in [0.3, 0.4) is 0 Å². The van der Waals surface area contributed by atoms with E-state index in [9.17, 15) is 8.78 Å². The van der Waals surface area contributed by atoms with Gasteiger partial charge in [0.15, 0.2) is 0 Å². The van der Waals surface area contributed by atoms with Crippen LogP contribution in [-0.4, -0.2) is 45.7 Å². The monoisotopic (exact) mass is 1350 g/mol. The zero-order chi connectivity index (χ0) is 59.5. The van der Waals surface area contributed by atoms with Crippen molar-refractivity contribution in [3.05, 3.63) is 188 Å². The van der Waals surface area contributed by atoms with E-state index in [2.05, 4.69) is 128 Å². The molecule has 11 heteroatoms. The number of aliphatic hydroxyl groups excluding tert-OH is 1. The third kappa shape index (κ3) is 23.2. The molecule has 3 fully saturated rings. The van der Waals surface area contributed by atoms with Gasteiger partial charge in [-0.2, -0.15) is 0 Å². The van der Waals surface area contributed by atoms with Gasteiger partial charge >= 0.3 is 7.12 Å². The largest absolute Gasteiger partial charge is 0.508 e. The van der Waals surface area contributed by atoms with Crippen LogP contribution in [0.25, 0.3) is 33.4 Å². The van der Waals surface area contributed by atoms with E-state index in [1.165, 1.54) is 97.5 Å². The summed E-state index contributed by atoms with van der Waals surface area (Å²) in [4.78, 5) is 0. The van der Waals surface area contributed by atoms with Gasteiger partial charge in [0.1, 0.15) is 28.9 Å². The van der Waals surface area contributed by atoms with Crippen molar-refractivity contribution in [1.29, 1.82) is 0 Å². The maximum absolute atomic E-state index is 14.9. The summed E-state index contributed by atoms with van der Waals surface area (Å²) in [6, 6.07) is 49.6. The van der Waals surface area contributed by atoms with E-state index in [-0.39, 0.29) is 17.4 Å². The Morgan fingerprint density at radius 3 is 1.24 bits per heavy atom. The molecule has 7 aromatic rings. The van der Waals surface area contributed by atoms with Crippen LogP contribution < -0.4 is 14.9 Å². The first-order valence-corrected chi connectivity index (χ1v) is 32.8. The predicted molar refractivity (Wildman–Crippen MR) is 358 cm³/mol. The molecule has 0 aromatic heterocycles. The van der Waals surface area contributed by atoms with Crippen LogP contribution >= 0.6 is 45.2 Å². The normalized spacial score (nSPS) is 18.7. The highest BCUT2D eigenvalue weighted by atomic mass is 127. The quantitative estimate of drug-likeness (QED) is 0.0505. The lowest BCUT2D eigenvalue weighted by Crippen LogP contribution is -2.32. The second kappa shape index (κ2) is 36.3. The summed E-state index contributed by atoms with van der Waals surface area (Å²) in [7, 11) is -1.78. The zero-order valence-corrected chi connectivity index (χ0v) is 53.9. The minimum absolute atomic E-state index is 0.0292. The number of halogens is 4. The number of aliphatic hydroxyl groups is 1. The molecule has 0 saturated heterocycles. The Bertz CT molecular complexity index is 2900. The smallest absolute Gasteiger partial charge is 0.491 e. The number of aromatic hydroxyl groups is 1. The molecule has 6 atom stereocenters. The van der Waals surface area contributed by atoms with Crippen LogP contribution in [0, 0.1) is 36.5 Å². The molecular weight excluding hydrogens is 1260 g/mol. The number of rotatable bonds is 18. The summed E-state index contributed by atoms with van der Waals surface area (Å²) in [6.45, 7) is 11.0. The first-order valence-electron chi connectivity index (χ1n) is 30.6. The highest BCUT2D eigenvalue weighted by molar-refractivity contribution is 14.1. The molecule has 0 heterocycles. The van der Waals surface area contributed by atoms with E-state index in [1.54, 1.807) is 24.3 Å². The summed E-state index contributed by atoms with van der Waals surface area (Å²) in [5.74, 6) is 3.99. The second-order valence-electron chi connectivity index (χ2n) is 22.7. The van der Waals surface area contributed by atoms with E-state index >= 15 is 0 Å². The van der Waals surface area contributed by atoms with E-state index in [1.807, 2.05) is 72.8 Å². The molecule has 0 spiro atoms. The first kappa shape index (κ1) is 67.3. The number of hydrogen-bond donors (Lipinski definition) is 4. The molecule has 10 rings (SSSR count). The molecule has 3 aliphatic rings. The van der Waals surface area contributed by atoms with E-state index in [0.717, 1.165) is 112 Å². The number of ether oxygens (including phenoxy) is 2. The summed E-state index contributed by atoms with van der Waals surface area (Å²) in [6.07, 6.45) is 23.7. The number of phenolic OH excluding ortho intramolecular Hbond substituents is 1. The number of benzene rings is 7. The van der Waals surface area contributed by atoms with Crippen molar-refractivity contribution in [2.45, 2.75) is 175 Å². The summed E-state index contributed by atoms with van der Waals surface area (Å²) >= 11 is 4.51. The standard InChI is InChI=1S/C29H33FO.C15H16BFO2.C14H19IO.C8H16O.C6H5IO/c1-3-5-21-7-10-23(11-8-21)25-14-18-28(29(30)20-25)24-12-16-26(17-13-24)31-27-15-9-22(19-27)6-4-2;1-2-3-11-4-6-12(7-5-11)13-8-9-14(16(18)19)15(17)10-13;1-2-3-11-4-7-14(10-11)16-13-8-5-12(15)6-9-13;1-2-3-7-4-5-8(9)6-7;7-5-1-3-6(8)4-2-5/h7-8,10-14,16-18,20,22,27H,3-6,9,15,19H2,1-2H3;4-10,18-19H,2-3H2,1H3;5-6,8-9,11,14H,2-4,7,10H2,1H3;7-9H,2-6H2,1H3;1-4,8H. The van der Waals surface area contributed by atoms with Crippen molar-refractivity contribution in [1.82, 2.24) is 0 Å². The van der Waals surface area contributed by atoms with E-state index in [4.69, 9.17) is 29.7 Å². The molecule has 0 amide bonds. The molecule has 6 nitrogen and oxygen atoms in total. The molecule has 83 heavy (non-hydrogen) atoms. The Morgan fingerprint density at radius 2 is 0.843 bits per heavy atom. The summed E-state index contributed by atoms with van der Waals surface area (Å²) in [5, 5.41) is 35.8. The molecule has 7 aromatic carbocycles. The van der Waals surface area contributed by atoms with Gasteiger partial charge in [-0.15, -0.1) is 0 Å². The van der Waals surface area contributed by atoms with Crippen LogP contribution in [0.4, 0.5) is 8.78 Å². The molecule has 4 N–H and O–H groups in total. The molecule has 0 radical (unpaired) electrons. The van der Waals surface area contributed by atoms with Crippen molar-refractivity contribution < 1.29 is 38.5 Å². The van der Waals surface area contributed by atoms with Crippen LogP contribution in [0.2, 0.25) is 0 Å². The van der Waals surface area contributed by atoms with Crippen LogP contribution in [-0.2, 0) is 12.8 Å². The average molecular weight is 1350 g/mol. The maximum atomic E-state index is 14.9. The van der Waals surface area contributed by atoms with Crippen molar-refractivity contribution in [2.75, 3.05) is 0 Å². The Balaban J connectivity index is 0.000000182. The van der Waals surface area contributed by atoms with Crippen molar-refractivity contribution in [3.8, 4) is 50.6 Å². The van der Waals surface area contributed by atoms with Crippen LogP contribution in [0.5, 0.6) is 17.2 Å². The molecule has 0 aliphatic heterocycles. The minimum atomic E-state index is -1.78. The molecule has 3 saturated carbocycles. The number of aryl methyl sites for hydroxylation is 2. The molecule has 6 unspecified atom stereocenters. The topological polar surface area (TPSA) is 99.4 Å². The number of phenols is 1. The van der Waals surface area contributed by atoms with Gasteiger partial charge in [-0.25, -0.2) is 8.78 Å². The van der Waals surface area contributed by atoms with Gasteiger partial charge in [-0.1, -0.05) is 171 Å². The Morgan fingerprint density at radius 1 is 0.446 bits per heavy atom. The Labute approximate surface area is 523 Å². The fourth-order valence-electron chi connectivity index (χ4n) is 11.5. The second-order valence-corrected chi connectivity index (χ2v) is 25.2.